The molecular weight excluding hydrogens is 360 g/mol. The van der Waals surface area contributed by atoms with Crippen molar-refractivity contribution in [1.82, 2.24) is 10.0 Å². The molecule has 144 valence electrons. The number of carbonyl (C=O) groups is 1. The fourth-order valence-electron chi connectivity index (χ4n) is 2.96. The van der Waals surface area contributed by atoms with Crippen molar-refractivity contribution in [2.24, 2.45) is 0 Å². The van der Waals surface area contributed by atoms with Gasteiger partial charge in [-0.2, -0.15) is 0 Å². The Morgan fingerprint density at radius 1 is 1.11 bits per heavy atom. The van der Waals surface area contributed by atoms with E-state index in [0.29, 0.717) is 5.56 Å². The zero-order chi connectivity index (χ0) is 19.6. The molecule has 2 N–H and O–H groups in total. The highest BCUT2D eigenvalue weighted by atomic mass is 32.2. The number of nitrogens with one attached hydrogen (secondary N) is 2. The lowest BCUT2D eigenvalue weighted by atomic mass is 10.0. The van der Waals surface area contributed by atoms with Crippen LogP contribution < -0.4 is 10.0 Å². The first-order chi connectivity index (χ1) is 12.8. The van der Waals surface area contributed by atoms with E-state index in [4.69, 9.17) is 0 Å². The van der Waals surface area contributed by atoms with E-state index in [-0.39, 0.29) is 22.9 Å². The number of rotatable bonds is 7. The van der Waals surface area contributed by atoms with Crippen molar-refractivity contribution in [2.45, 2.75) is 57.0 Å². The Labute approximate surface area is 161 Å². The average Bonchev–Trinajstić information content (AvgIpc) is 3.43. The molecule has 3 rings (SSSR count). The first-order valence-corrected chi connectivity index (χ1v) is 10.8. The Balaban J connectivity index is 1.82. The predicted molar refractivity (Wildman–Crippen MR) is 106 cm³/mol. The lowest BCUT2D eigenvalue weighted by Crippen LogP contribution is -2.30. The number of hydrogen-bond donors (Lipinski definition) is 2. The van der Waals surface area contributed by atoms with Crippen LogP contribution in [0.1, 0.15) is 59.3 Å². The summed E-state index contributed by atoms with van der Waals surface area (Å²) >= 11 is 0. The molecule has 0 saturated heterocycles. The van der Waals surface area contributed by atoms with Crippen LogP contribution >= 0.6 is 0 Å². The Bertz CT molecular complexity index is 932. The monoisotopic (exact) mass is 386 g/mol. The van der Waals surface area contributed by atoms with E-state index in [1.165, 1.54) is 6.07 Å². The number of sulfonamides is 1. The highest BCUT2D eigenvalue weighted by Crippen LogP contribution is 2.24. The summed E-state index contributed by atoms with van der Waals surface area (Å²) in [6, 6.07) is 12.7. The Kier molecular flexibility index (Phi) is 5.67. The van der Waals surface area contributed by atoms with Crippen LogP contribution in [0.4, 0.5) is 0 Å². The summed E-state index contributed by atoms with van der Waals surface area (Å²) in [5, 5.41) is 3.04. The zero-order valence-corrected chi connectivity index (χ0v) is 16.8. The fraction of sp³-hybridized carbons (Fsp3) is 0.381. The molecule has 5 nitrogen and oxygen atoms in total. The minimum atomic E-state index is -3.59. The summed E-state index contributed by atoms with van der Waals surface area (Å²) < 4.78 is 27.6. The third-order valence-corrected chi connectivity index (χ3v) is 6.37. The molecular formula is C21H26N2O3S. The summed E-state index contributed by atoms with van der Waals surface area (Å²) in [5.41, 5.74) is 3.33. The second-order valence-corrected chi connectivity index (χ2v) is 8.93. The van der Waals surface area contributed by atoms with E-state index in [9.17, 15) is 13.2 Å². The maximum Gasteiger partial charge on any atom is 0.252 e. The average molecular weight is 387 g/mol. The molecule has 1 saturated carbocycles. The molecule has 1 fully saturated rings. The van der Waals surface area contributed by atoms with Gasteiger partial charge < -0.3 is 5.32 Å². The number of carbonyl (C=O) groups excluding carboxylic acids is 1. The molecule has 0 spiro atoms. The number of aryl methyl sites for hydroxylation is 2. The highest BCUT2D eigenvalue weighted by Gasteiger charge is 2.28. The van der Waals surface area contributed by atoms with Gasteiger partial charge in [-0.1, -0.05) is 42.8 Å². The van der Waals surface area contributed by atoms with Gasteiger partial charge in [0.25, 0.3) is 5.91 Å². The first kappa shape index (κ1) is 19.6. The van der Waals surface area contributed by atoms with Gasteiger partial charge in [0.1, 0.15) is 0 Å². The second-order valence-electron chi connectivity index (χ2n) is 7.22. The van der Waals surface area contributed by atoms with Crippen molar-refractivity contribution in [2.75, 3.05) is 0 Å². The van der Waals surface area contributed by atoms with Gasteiger partial charge in [-0.05, 0) is 56.4 Å². The molecule has 0 aromatic heterocycles. The van der Waals surface area contributed by atoms with Crippen molar-refractivity contribution >= 4 is 15.9 Å². The zero-order valence-electron chi connectivity index (χ0n) is 16.0. The van der Waals surface area contributed by atoms with E-state index in [1.54, 1.807) is 12.1 Å². The smallest absolute Gasteiger partial charge is 0.252 e. The summed E-state index contributed by atoms with van der Waals surface area (Å²) in [7, 11) is -3.59. The summed E-state index contributed by atoms with van der Waals surface area (Å²) in [4.78, 5) is 13.0. The quantitative estimate of drug-likeness (QED) is 0.763. The van der Waals surface area contributed by atoms with Crippen LogP contribution in [0.2, 0.25) is 0 Å². The molecule has 2 aromatic rings. The molecule has 0 radical (unpaired) electrons. The van der Waals surface area contributed by atoms with Gasteiger partial charge in [0.15, 0.2) is 0 Å². The van der Waals surface area contributed by atoms with Crippen molar-refractivity contribution in [3.8, 4) is 0 Å². The molecule has 1 unspecified atom stereocenters. The Morgan fingerprint density at radius 3 is 2.37 bits per heavy atom. The Hall–Kier alpha value is -2.18. The molecule has 2 aromatic carbocycles. The third-order valence-electron chi connectivity index (χ3n) is 4.86. The maximum atomic E-state index is 12.9. The standard InChI is InChI=1S/C21H26N2O3S/c1-4-20(16-8-5-14(2)6-9-16)22-21(24)19-13-18(12-7-15(19)3)27(25,26)23-17-10-11-17/h5-9,12-13,17,20,23H,4,10-11H2,1-3H3,(H,22,24). The van der Waals surface area contributed by atoms with E-state index in [1.807, 2.05) is 45.0 Å². The van der Waals surface area contributed by atoms with Crippen LogP contribution in [0.15, 0.2) is 47.4 Å². The fourth-order valence-corrected chi connectivity index (χ4v) is 4.29. The Morgan fingerprint density at radius 2 is 1.78 bits per heavy atom. The molecule has 1 aliphatic rings. The maximum absolute atomic E-state index is 12.9. The third kappa shape index (κ3) is 4.76. The molecule has 1 amide bonds. The van der Waals surface area contributed by atoms with Gasteiger partial charge in [0.05, 0.1) is 10.9 Å². The van der Waals surface area contributed by atoms with Gasteiger partial charge in [-0.25, -0.2) is 13.1 Å². The van der Waals surface area contributed by atoms with Gasteiger partial charge in [-0.3, -0.25) is 4.79 Å². The van der Waals surface area contributed by atoms with Crippen LogP contribution in [0.5, 0.6) is 0 Å². The molecule has 1 atom stereocenters. The van der Waals surface area contributed by atoms with Gasteiger partial charge in [0, 0.05) is 11.6 Å². The van der Waals surface area contributed by atoms with E-state index >= 15 is 0 Å². The molecule has 0 bridgehead atoms. The largest absolute Gasteiger partial charge is 0.345 e. The normalized spacial score (nSPS) is 15.4. The lowest BCUT2D eigenvalue weighted by Gasteiger charge is -2.19. The van der Waals surface area contributed by atoms with Crippen LogP contribution in [-0.4, -0.2) is 20.4 Å². The number of hydrogen-bond acceptors (Lipinski definition) is 3. The summed E-state index contributed by atoms with van der Waals surface area (Å²) in [5.74, 6) is -0.261. The van der Waals surface area contributed by atoms with Gasteiger partial charge in [0.2, 0.25) is 10.0 Å². The van der Waals surface area contributed by atoms with Crippen molar-refractivity contribution < 1.29 is 13.2 Å². The number of benzene rings is 2. The first-order valence-electron chi connectivity index (χ1n) is 9.30. The SMILES string of the molecule is CCC(NC(=O)c1cc(S(=O)(=O)NC2CC2)ccc1C)c1ccc(C)cc1. The summed E-state index contributed by atoms with van der Waals surface area (Å²) in [6.07, 6.45) is 2.48. The lowest BCUT2D eigenvalue weighted by molar-refractivity contribution is 0.0934. The molecule has 1 aliphatic carbocycles. The van der Waals surface area contributed by atoms with Crippen molar-refractivity contribution in [3.05, 3.63) is 64.7 Å². The number of amides is 1. The van der Waals surface area contributed by atoms with Crippen LogP contribution in [0.25, 0.3) is 0 Å². The minimum absolute atomic E-state index is 0.0274. The van der Waals surface area contributed by atoms with E-state index < -0.39 is 10.0 Å². The molecule has 0 heterocycles. The molecule has 27 heavy (non-hydrogen) atoms. The van der Waals surface area contributed by atoms with Gasteiger partial charge in [-0.15, -0.1) is 0 Å². The van der Waals surface area contributed by atoms with Crippen LogP contribution in [0.3, 0.4) is 0 Å². The van der Waals surface area contributed by atoms with Crippen LogP contribution in [-0.2, 0) is 10.0 Å². The van der Waals surface area contributed by atoms with Crippen molar-refractivity contribution in [1.29, 1.82) is 0 Å². The van der Waals surface area contributed by atoms with E-state index in [0.717, 1.165) is 36.0 Å². The topological polar surface area (TPSA) is 75.3 Å². The molecule has 6 heteroatoms. The second kappa shape index (κ2) is 7.82. The highest BCUT2D eigenvalue weighted by molar-refractivity contribution is 7.89. The summed E-state index contributed by atoms with van der Waals surface area (Å²) in [6.45, 7) is 5.85. The predicted octanol–water partition coefficient (Wildman–Crippen LogP) is 3.63. The minimum Gasteiger partial charge on any atom is -0.345 e. The molecule has 0 aliphatic heterocycles. The van der Waals surface area contributed by atoms with E-state index in [2.05, 4.69) is 10.0 Å². The van der Waals surface area contributed by atoms with Gasteiger partial charge >= 0.3 is 0 Å². The van der Waals surface area contributed by atoms with Crippen LogP contribution in [0, 0.1) is 13.8 Å². The van der Waals surface area contributed by atoms with Crippen molar-refractivity contribution in [3.63, 3.8) is 0 Å².